The highest BCUT2D eigenvalue weighted by Gasteiger charge is 2.24. The molecule has 0 saturated carbocycles. The lowest BCUT2D eigenvalue weighted by Gasteiger charge is -2.20. The maximum atomic E-state index is 13.0. The van der Waals surface area contributed by atoms with Crippen LogP contribution in [-0.2, 0) is 9.59 Å². The first-order valence-electron chi connectivity index (χ1n) is 8.09. The number of ether oxygens (including phenoxy) is 1. The first-order valence-corrected chi connectivity index (χ1v) is 8.47. The second-order valence-electron chi connectivity index (χ2n) is 5.63. The number of rotatable bonds is 8. The minimum absolute atomic E-state index is 0.137. The van der Waals surface area contributed by atoms with E-state index in [9.17, 15) is 19.1 Å². The van der Waals surface area contributed by atoms with E-state index in [1.807, 2.05) is 0 Å². The molecule has 0 aliphatic carbocycles. The first-order chi connectivity index (χ1) is 12.4. The number of carbonyl (C=O) groups excluding carboxylic acids is 1. The fourth-order valence-corrected chi connectivity index (χ4v) is 2.56. The monoisotopic (exact) mass is 379 g/mol. The summed E-state index contributed by atoms with van der Waals surface area (Å²) in [5.74, 6) is -2.62. The smallest absolute Gasteiger partial charge is 0.312 e. The van der Waals surface area contributed by atoms with Gasteiger partial charge in [0.25, 0.3) is 5.91 Å². The number of aliphatic carboxylic acids is 1. The third kappa shape index (κ3) is 5.20. The van der Waals surface area contributed by atoms with Gasteiger partial charge >= 0.3 is 5.97 Å². The molecule has 0 aromatic heterocycles. The number of nitrogens with one attached hydrogen (secondary N) is 1. The molecule has 2 aromatic rings. The standard InChI is InChI=1S/C19H19ClFNO4/c1-2-16(26-17-6-4-3-5-15(17)20)18(23)22-11-14(19(24)25)12-7-9-13(21)10-8-12/h3-10,14,16H,2,11H2,1H3,(H,22,23)(H,24,25). The van der Waals surface area contributed by atoms with Crippen molar-refractivity contribution in [3.63, 3.8) is 0 Å². The maximum absolute atomic E-state index is 13.0. The van der Waals surface area contributed by atoms with Crippen LogP contribution in [0.4, 0.5) is 4.39 Å². The van der Waals surface area contributed by atoms with Gasteiger partial charge < -0.3 is 15.2 Å². The van der Waals surface area contributed by atoms with Crippen LogP contribution in [0.3, 0.4) is 0 Å². The summed E-state index contributed by atoms with van der Waals surface area (Å²) in [6.07, 6.45) is -0.428. The number of amides is 1. The number of carboxylic acid groups (broad SMARTS) is 1. The zero-order valence-corrected chi connectivity index (χ0v) is 14.9. The van der Waals surface area contributed by atoms with E-state index in [2.05, 4.69) is 5.32 Å². The SMILES string of the molecule is CCC(Oc1ccccc1Cl)C(=O)NCC(C(=O)O)c1ccc(F)cc1. The van der Waals surface area contributed by atoms with Crippen molar-refractivity contribution in [1.29, 1.82) is 0 Å². The molecule has 2 unspecified atom stereocenters. The van der Waals surface area contributed by atoms with Gasteiger partial charge in [-0.25, -0.2) is 4.39 Å². The molecule has 0 aliphatic heterocycles. The lowest BCUT2D eigenvalue weighted by molar-refractivity contribution is -0.139. The van der Waals surface area contributed by atoms with E-state index < -0.39 is 29.7 Å². The number of hydrogen-bond donors (Lipinski definition) is 2. The number of halogens is 2. The second kappa shape index (κ2) is 9.20. The molecule has 138 valence electrons. The van der Waals surface area contributed by atoms with Gasteiger partial charge in [0.1, 0.15) is 11.6 Å². The minimum Gasteiger partial charge on any atom is -0.481 e. The zero-order valence-electron chi connectivity index (χ0n) is 14.1. The van der Waals surface area contributed by atoms with E-state index in [0.717, 1.165) is 0 Å². The average molecular weight is 380 g/mol. The highest BCUT2D eigenvalue weighted by atomic mass is 35.5. The van der Waals surface area contributed by atoms with E-state index in [1.54, 1.807) is 31.2 Å². The Kier molecular flexibility index (Phi) is 6.97. The van der Waals surface area contributed by atoms with Crippen LogP contribution in [0, 0.1) is 5.82 Å². The summed E-state index contributed by atoms with van der Waals surface area (Å²) in [5, 5.41) is 12.4. The van der Waals surface area contributed by atoms with Crippen molar-refractivity contribution in [2.24, 2.45) is 0 Å². The summed E-state index contributed by atoms with van der Waals surface area (Å²) < 4.78 is 18.6. The Morgan fingerprint density at radius 2 is 1.85 bits per heavy atom. The first kappa shape index (κ1) is 19.7. The molecule has 26 heavy (non-hydrogen) atoms. The summed E-state index contributed by atoms with van der Waals surface area (Å²) in [4.78, 5) is 23.8. The van der Waals surface area contributed by atoms with E-state index in [1.165, 1.54) is 24.3 Å². The molecule has 0 heterocycles. The lowest BCUT2D eigenvalue weighted by atomic mass is 9.99. The third-order valence-electron chi connectivity index (χ3n) is 3.82. The molecule has 2 rings (SSSR count). The quantitative estimate of drug-likeness (QED) is 0.734. The molecule has 1 amide bonds. The van der Waals surface area contributed by atoms with Crippen LogP contribution in [0.15, 0.2) is 48.5 Å². The Balaban J connectivity index is 2.02. The zero-order chi connectivity index (χ0) is 19.1. The summed E-state index contributed by atoms with van der Waals surface area (Å²) >= 11 is 6.03. The largest absolute Gasteiger partial charge is 0.481 e. The van der Waals surface area contributed by atoms with Gasteiger partial charge in [-0.2, -0.15) is 0 Å². The fourth-order valence-electron chi connectivity index (χ4n) is 2.38. The van der Waals surface area contributed by atoms with Crippen molar-refractivity contribution >= 4 is 23.5 Å². The van der Waals surface area contributed by atoms with Crippen LogP contribution in [0.2, 0.25) is 5.02 Å². The number of hydrogen-bond acceptors (Lipinski definition) is 3. The maximum Gasteiger partial charge on any atom is 0.312 e. The average Bonchev–Trinajstić information content (AvgIpc) is 2.62. The Labute approximate surface area is 155 Å². The third-order valence-corrected chi connectivity index (χ3v) is 4.13. The number of benzene rings is 2. The van der Waals surface area contributed by atoms with E-state index in [0.29, 0.717) is 22.8 Å². The predicted molar refractivity (Wildman–Crippen MR) is 95.9 cm³/mol. The Morgan fingerprint density at radius 3 is 2.42 bits per heavy atom. The van der Waals surface area contributed by atoms with Gasteiger partial charge in [-0.15, -0.1) is 0 Å². The van der Waals surface area contributed by atoms with Gasteiger partial charge in [-0.3, -0.25) is 9.59 Å². The lowest BCUT2D eigenvalue weighted by Crippen LogP contribution is -2.41. The molecule has 0 spiro atoms. The molecule has 2 N–H and O–H groups in total. The van der Waals surface area contributed by atoms with E-state index in [-0.39, 0.29) is 6.54 Å². The van der Waals surface area contributed by atoms with Crippen molar-refractivity contribution in [3.8, 4) is 5.75 Å². The molecule has 2 aromatic carbocycles. The molecule has 0 radical (unpaired) electrons. The van der Waals surface area contributed by atoms with Crippen molar-refractivity contribution in [3.05, 3.63) is 64.9 Å². The van der Waals surface area contributed by atoms with Gasteiger partial charge in [0.2, 0.25) is 0 Å². The highest BCUT2D eigenvalue weighted by molar-refractivity contribution is 6.32. The van der Waals surface area contributed by atoms with Gasteiger partial charge in [0, 0.05) is 6.54 Å². The molecule has 0 bridgehead atoms. The van der Waals surface area contributed by atoms with Crippen LogP contribution in [0.5, 0.6) is 5.75 Å². The van der Waals surface area contributed by atoms with Crippen LogP contribution in [0.1, 0.15) is 24.8 Å². The van der Waals surface area contributed by atoms with Gasteiger partial charge in [-0.05, 0) is 36.2 Å². The number of carboxylic acids is 1. The van der Waals surface area contributed by atoms with E-state index in [4.69, 9.17) is 16.3 Å². The van der Waals surface area contributed by atoms with Crippen LogP contribution >= 0.6 is 11.6 Å². The van der Waals surface area contributed by atoms with E-state index >= 15 is 0 Å². The Hall–Kier alpha value is -2.60. The number of carbonyl (C=O) groups is 2. The van der Waals surface area contributed by atoms with Crippen molar-refractivity contribution in [2.75, 3.05) is 6.54 Å². The van der Waals surface area contributed by atoms with Crippen molar-refractivity contribution in [1.82, 2.24) is 5.32 Å². The molecule has 5 nitrogen and oxygen atoms in total. The van der Waals surface area contributed by atoms with Gasteiger partial charge in [0.15, 0.2) is 6.10 Å². The normalized spacial score (nSPS) is 12.9. The molecule has 0 aliphatic rings. The van der Waals surface area contributed by atoms with Crippen LogP contribution < -0.4 is 10.1 Å². The summed E-state index contributed by atoms with van der Waals surface area (Å²) in [5.41, 5.74) is 0.402. The summed E-state index contributed by atoms with van der Waals surface area (Å²) in [6, 6.07) is 11.9. The minimum atomic E-state index is -1.11. The predicted octanol–water partition coefficient (Wildman–Crippen LogP) is 3.62. The van der Waals surface area contributed by atoms with Crippen molar-refractivity contribution in [2.45, 2.75) is 25.4 Å². The fraction of sp³-hybridized carbons (Fsp3) is 0.263. The molecule has 7 heteroatoms. The van der Waals surface area contributed by atoms with Crippen molar-refractivity contribution < 1.29 is 23.8 Å². The van der Waals surface area contributed by atoms with Gasteiger partial charge in [0.05, 0.1) is 10.9 Å². The van der Waals surface area contributed by atoms with Crippen LogP contribution in [-0.4, -0.2) is 29.6 Å². The van der Waals surface area contributed by atoms with Crippen LogP contribution in [0.25, 0.3) is 0 Å². The molecule has 0 saturated heterocycles. The Bertz CT molecular complexity index is 766. The summed E-state index contributed by atoms with van der Waals surface area (Å²) in [6.45, 7) is 1.64. The second-order valence-corrected chi connectivity index (χ2v) is 6.04. The highest BCUT2D eigenvalue weighted by Crippen LogP contribution is 2.25. The molecule has 2 atom stereocenters. The summed E-state index contributed by atoms with van der Waals surface area (Å²) in [7, 11) is 0. The number of para-hydroxylation sites is 1. The Morgan fingerprint density at radius 1 is 1.19 bits per heavy atom. The molecular formula is C19H19ClFNO4. The molecular weight excluding hydrogens is 361 g/mol. The van der Waals surface area contributed by atoms with Gasteiger partial charge in [-0.1, -0.05) is 42.8 Å². The molecule has 0 fully saturated rings. The topological polar surface area (TPSA) is 75.6 Å².